The summed E-state index contributed by atoms with van der Waals surface area (Å²) >= 11 is 0. The van der Waals surface area contributed by atoms with E-state index >= 15 is 4.39 Å². The van der Waals surface area contributed by atoms with Gasteiger partial charge < -0.3 is 30.9 Å². The Hall–Kier alpha value is -4.41. The Bertz CT molecular complexity index is 1610. The molecule has 0 saturated heterocycles. The van der Waals surface area contributed by atoms with Crippen LogP contribution < -0.4 is 20.7 Å². The molecule has 0 aliphatic carbocycles. The van der Waals surface area contributed by atoms with Crippen molar-refractivity contribution in [3.63, 3.8) is 0 Å². The van der Waals surface area contributed by atoms with E-state index in [-0.39, 0.29) is 30.6 Å². The fourth-order valence-corrected chi connectivity index (χ4v) is 4.88. The summed E-state index contributed by atoms with van der Waals surface area (Å²) in [6, 6.07) is 20.3. The number of methoxy groups -OCH3 is 1. The molecule has 4 aromatic rings. The van der Waals surface area contributed by atoms with Gasteiger partial charge in [0.1, 0.15) is 17.3 Å². The summed E-state index contributed by atoms with van der Waals surface area (Å²) in [7, 11) is 1.54. The number of nitrogens with one attached hydrogen (secondary N) is 3. The van der Waals surface area contributed by atoms with Crippen LogP contribution in [-0.2, 0) is 13.1 Å². The highest BCUT2D eigenvalue weighted by atomic mass is 19.1. The average molecular weight is 599 g/mol. The minimum Gasteiger partial charge on any atom is -0.496 e. The van der Waals surface area contributed by atoms with Crippen molar-refractivity contribution in [2.45, 2.75) is 26.9 Å². The fourth-order valence-electron chi connectivity index (χ4n) is 4.88. The van der Waals surface area contributed by atoms with E-state index in [1.165, 1.54) is 7.11 Å². The number of benzene rings is 3. The van der Waals surface area contributed by atoms with E-state index in [0.717, 1.165) is 38.9 Å². The van der Waals surface area contributed by atoms with Gasteiger partial charge >= 0.3 is 0 Å². The van der Waals surface area contributed by atoms with Gasteiger partial charge in [-0.3, -0.25) is 9.78 Å². The third-order valence-corrected chi connectivity index (χ3v) is 7.38. The molecule has 0 spiro atoms. The number of aliphatic hydroxyl groups excluding tert-OH is 2. The number of aliphatic hydroxyl groups is 2. The van der Waals surface area contributed by atoms with Gasteiger partial charge in [-0.15, -0.1) is 0 Å². The van der Waals surface area contributed by atoms with Crippen LogP contribution in [-0.4, -0.2) is 54.5 Å². The number of amides is 1. The van der Waals surface area contributed by atoms with Crippen LogP contribution in [0.15, 0.2) is 72.9 Å². The molecular formula is C35H39FN4O4. The second kappa shape index (κ2) is 15.9. The topological polar surface area (TPSA) is 116 Å². The van der Waals surface area contributed by atoms with E-state index in [1.807, 2.05) is 62.4 Å². The molecular weight excluding hydrogens is 559 g/mol. The third kappa shape index (κ3) is 8.15. The van der Waals surface area contributed by atoms with Crippen LogP contribution in [0.25, 0.3) is 23.0 Å². The molecule has 0 aliphatic rings. The van der Waals surface area contributed by atoms with E-state index in [0.29, 0.717) is 43.2 Å². The van der Waals surface area contributed by atoms with E-state index in [2.05, 4.69) is 20.9 Å². The summed E-state index contributed by atoms with van der Waals surface area (Å²) in [5.41, 5.74) is 7.52. The molecule has 0 aliphatic heterocycles. The van der Waals surface area contributed by atoms with Gasteiger partial charge in [0.25, 0.3) is 5.91 Å². The predicted molar refractivity (Wildman–Crippen MR) is 173 cm³/mol. The molecule has 44 heavy (non-hydrogen) atoms. The SMILES string of the molecule is COc1cc(C(=O)Nc2cccc(-c3cccc(/C=C(\F)c4ccc(CNCCO)cc4)c3C)c2C)ncc1CNCCO. The Morgan fingerprint density at radius 1 is 0.909 bits per heavy atom. The maximum atomic E-state index is 15.3. The molecule has 1 heterocycles. The summed E-state index contributed by atoms with van der Waals surface area (Å²) in [6.45, 7) is 5.99. The van der Waals surface area contributed by atoms with Crippen LogP contribution in [0, 0.1) is 13.8 Å². The number of carbonyl (C=O) groups is 1. The van der Waals surface area contributed by atoms with E-state index < -0.39 is 0 Å². The number of pyridine rings is 1. The Balaban J connectivity index is 1.54. The van der Waals surface area contributed by atoms with E-state index in [1.54, 1.807) is 30.5 Å². The lowest BCUT2D eigenvalue weighted by Crippen LogP contribution is -2.19. The summed E-state index contributed by atoms with van der Waals surface area (Å²) < 4.78 is 20.8. The van der Waals surface area contributed by atoms with Gasteiger partial charge in [-0.2, -0.15) is 0 Å². The molecule has 0 saturated carbocycles. The van der Waals surface area contributed by atoms with Gasteiger partial charge in [-0.25, -0.2) is 4.39 Å². The molecule has 230 valence electrons. The Kier molecular flexibility index (Phi) is 11.7. The highest BCUT2D eigenvalue weighted by Crippen LogP contribution is 2.34. The lowest BCUT2D eigenvalue weighted by molar-refractivity contribution is 0.102. The van der Waals surface area contributed by atoms with Crippen molar-refractivity contribution < 1.29 is 24.1 Å². The second-order valence-electron chi connectivity index (χ2n) is 10.3. The highest BCUT2D eigenvalue weighted by Gasteiger charge is 2.16. The summed E-state index contributed by atoms with van der Waals surface area (Å²) in [6.07, 6.45) is 3.13. The monoisotopic (exact) mass is 598 g/mol. The minimum atomic E-state index is -0.371. The zero-order valence-corrected chi connectivity index (χ0v) is 25.3. The van der Waals surface area contributed by atoms with Gasteiger partial charge in [-0.1, -0.05) is 54.6 Å². The van der Waals surface area contributed by atoms with Crippen LogP contribution in [0.5, 0.6) is 5.75 Å². The van der Waals surface area contributed by atoms with Gasteiger partial charge in [0, 0.05) is 55.3 Å². The van der Waals surface area contributed by atoms with Crippen molar-refractivity contribution >= 4 is 23.5 Å². The first-order chi connectivity index (χ1) is 21.4. The summed E-state index contributed by atoms with van der Waals surface area (Å²) in [5, 5.41) is 27.1. The van der Waals surface area contributed by atoms with Crippen LogP contribution in [0.1, 0.15) is 43.9 Å². The van der Waals surface area contributed by atoms with Crippen LogP contribution in [0.3, 0.4) is 0 Å². The first kappa shape index (κ1) is 32.5. The first-order valence-corrected chi connectivity index (χ1v) is 14.5. The van der Waals surface area contributed by atoms with Crippen molar-refractivity contribution in [2.24, 2.45) is 0 Å². The predicted octanol–water partition coefficient (Wildman–Crippen LogP) is 5.26. The third-order valence-electron chi connectivity index (χ3n) is 7.38. The number of aromatic nitrogens is 1. The van der Waals surface area contributed by atoms with E-state index in [9.17, 15) is 4.79 Å². The zero-order chi connectivity index (χ0) is 31.5. The lowest BCUT2D eigenvalue weighted by atomic mass is 9.92. The summed E-state index contributed by atoms with van der Waals surface area (Å²) in [4.78, 5) is 17.5. The number of rotatable bonds is 14. The maximum Gasteiger partial charge on any atom is 0.274 e. The molecule has 8 nitrogen and oxygen atoms in total. The molecule has 0 radical (unpaired) electrons. The van der Waals surface area contributed by atoms with Crippen molar-refractivity contribution in [2.75, 3.05) is 38.7 Å². The Labute approximate surface area is 257 Å². The highest BCUT2D eigenvalue weighted by molar-refractivity contribution is 6.04. The Morgan fingerprint density at radius 2 is 1.57 bits per heavy atom. The molecule has 0 fully saturated rings. The second-order valence-corrected chi connectivity index (χ2v) is 10.3. The normalized spacial score (nSPS) is 11.5. The van der Waals surface area contributed by atoms with Gasteiger partial charge in [-0.05, 0) is 59.4 Å². The number of carbonyl (C=O) groups excluding carboxylic acids is 1. The van der Waals surface area contributed by atoms with Crippen LogP contribution >= 0.6 is 0 Å². The molecule has 9 heteroatoms. The van der Waals surface area contributed by atoms with Gasteiger partial charge in [0.05, 0.1) is 20.3 Å². The number of anilines is 1. The number of ether oxygens (including phenoxy) is 1. The standard InChI is InChI=1S/C35H39FN4O4/c1-23-27(18-31(36)26-12-10-25(11-13-26)20-37-14-16-41)6-4-7-29(23)30-8-5-9-32(24(30)2)40-35(43)33-19-34(44-3)28(22-39-33)21-38-15-17-42/h4-13,18-19,22,37-38,41-42H,14-17,20-21H2,1-3H3,(H,40,43)/b31-18-. The van der Waals surface area contributed by atoms with Crippen molar-refractivity contribution in [1.82, 2.24) is 15.6 Å². The smallest absolute Gasteiger partial charge is 0.274 e. The average Bonchev–Trinajstić information content (AvgIpc) is 3.04. The van der Waals surface area contributed by atoms with Gasteiger partial charge in [0.15, 0.2) is 0 Å². The molecule has 5 N–H and O–H groups in total. The number of nitrogens with zero attached hydrogens (tertiary/aromatic N) is 1. The number of hydrogen-bond acceptors (Lipinski definition) is 7. The molecule has 4 rings (SSSR count). The number of halogens is 1. The molecule has 1 aromatic heterocycles. The number of hydrogen-bond donors (Lipinski definition) is 5. The fraction of sp³-hybridized carbons (Fsp3) is 0.257. The van der Waals surface area contributed by atoms with Crippen molar-refractivity contribution in [3.8, 4) is 16.9 Å². The van der Waals surface area contributed by atoms with Gasteiger partial charge in [0.2, 0.25) is 0 Å². The van der Waals surface area contributed by atoms with Crippen molar-refractivity contribution in [1.29, 1.82) is 0 Å². The molecule has 0 atom stereocenters. The molecule has 1 amide bonds. The molecule has 0 bridgehead atoms. The first-order valence-electron chi connectivity index (χ1n) is 14.5. The molecule has 0 unspecified atom stereocenters. The zero-order valence-electron chi connectivity index (χ0n) is 25.3. The van der Waals surface area contributed by atoms with Crippen LogP contribution in [0.2, 0.25) is 0 Å². The molecule has 3 aromatic carbocycles. The largest absolute Gasteiger partial charge is 0.496 e. The Morgan fingerprint density at radius 3 is 2.25 bits per heavy atom. The minimum absolute atomic E-state index is 0.0203. The van der Waals surface area contributed by atoms with E-state index in [4.69, 9.17) is 14.9 Å². The van der Waals surface area contributed by atoms with Crippen LogP contribution in [0.4, 0.5) is 10.1 Å². The quantitative estimate of drug-likeness (QED) is 0.0994. The maximum absolute atomic E-state index is 15.3. The lowest BCUT2D eigenvalue weighted by Gasteiger charge is -2.16. The summed E-state index contributed by atoms with van der Waals surface area (Å²) in [5.74, 6) is -0.181. The van der Waals surface area contributed by atoms with Crippen molar-refractivity contribution in [3.05, 3.63) is 112 Å².